The van der Waals surface area contributed by atoms with Gasteiger partial charge in [-0.1, -0.05) is 0 Å². The molecule has 2 saturated heterocycles. The molecule has 1 amide bonds. The highest BCUT2D eigenvalue weighted by Gasteiger charge is 2.34. The summed E-state index contributed by atoms with van der Waals surface area (Å²) in [5.74, 6) is 0.318. The Labute approximate surface area is 108 Å². The zero-order chi connectivity index (χ0) is 13.0. The smallest absolute Gasteiger partial charge is 0.328 e. The van der Waals surface area contributed by atoms with Gasteiger partial charge in [-0.05, 0) is 45.2 Å². The van der Waals surface area contributed by atoms with Crippen molar-refractivity contribution in [2.75, 3.05) is 26.2 Å². The SMILES string of the molecule is CCOC(=O)C1CCCCN1C(=O)CC1CNC1. The summed E-state index contributed by atoms with van der Waals surface area (Å²) in [5.41, 5.74) is 0. The van der Waals surface area contributed by atoms with Crippen LogP contribution in [-0.4, -0.2) is 49.1 Å². The summed E-state index contributed by atoms with van der Waals surface area (Å²) in [5, 5.41) is 3.16. The van der Waals surface area contributed by atoms with E-state index in [0.29, 0.717) is 25.5 Å². The van der Waals surface area contributed by atoms with Crippen molar-refractivity contribution in [1.82, 2.24) is 10.2 Å². The first-order valence-electron chi connectivity index (χ1n) is 6.89. The Morgan fingerprint density at radius 2 is 2.11 bits per heavy atom. The Kier molecular flexibility index (Phi) is 4.58. The van der Waals surface area contributed by atoms with Crippen LogP contribution in [0.5, 0.6) is 0 Å². The van der Waals surface area contributed by atoms with Crippen molar-refractivity contribution in [1.29, 1.82) is 0 Å². The van der Waals surface area contributed by atoms with Crippen LogP contribution >= 0.6 is 0 Å². The third kappa shape index (κ3) is 3.02. The van der Waals surface area contributed by atoms with Crippen molar-refractivity contribution in [2.24, 2.45) is 5.92 Å². The van der Waals surface area contributed by atoms with Crippen molar-refractivity contribution in [3.05, 3.63) is 0 Å². The lowest BCUT2D eigenvalue weighted by Crippen LogP contribution is -2.51. The Morgan fingerprint density at radius 1 is 1.33 bits per heavy atom. The number of amides is 1. The van der Waals surface area contributed by atoms with Gasteiger partial charge in [0.05, 0.1) is 6.61 Å². The topological polar surface area (TPSA) is 58.6 Å². The average molecular weight is 254 g/mol. The summed E-state index contributed by atoms with van der Waals surface area (Å²) in [6.07, 6.45) is 3.29. The zero-order valence-electron chi connectivity index (χ0n) is 11.0. The number of ether oxygens (including phenoxy) is 1. The van der Waals surface area contributed by atoms with Gasteiger partial charge in [0.15, 0.2) is 0 Å². The second kappa shape index (κ2) is 6.18. The van der Waals surface area contributed by atoms with Gasteiger partial charge in [-0.15, -0.1) is 0 Å². The number of likely N-dealkylation sites (tertiary alicyclic amines) is 1. The molecule has 2 aliphatic rings. The van der Waals surface area contributed by atoms with Gasteiger partial charge in [-0.25, -0.2) is 4.79 Å². The fourth-order valence-corrected chi connectivity index (χ4v) is 2.57. The second-order valence-corrected chi connectivity index (χ2v) is 5.08. The maximum absolute atomic E-state index is 12.2. The number of nitrogens with zero attached hydrogens (tertiary/aromatic N) is 1. The molecule has 5 heteroatoms. The van der Waals surface area contributed by atoms with Gasteiger partial charge >= 0.3 is 5.97 Å². The number of rotatable bonds is 4. The van der Waals surface area contributed by atoms with Crippen molar-refractivity contribution >= 4 is 11.9 Å². The van der Waals surface area contributed by atoms with E-state index in [-0.39, 0.29) is 17.9 Å². The molecule has 2 aliphatic heterocycles. The molecule has 0 spiro atoms. The molecule has 0 aromatic rings. The molecular weight excluding hydrogens is 232 g/mol. The van der Waals surface area contributed by atoms with Crippen LogP contribution in [0.3, 0.4) is 0 Å². The number of hydrogen-bond acceptors (Lipinski definition) is 4. The second-order valence-electron chi connectivity index (χ2n) is 5.08. The zero-order valence-corrected chi connectivity index (χ0v) is 11.0. The van der Waals surface area contributed by atoms with Gasteiger partial charge in [0.1, 0.15) is 6.04 Å². The number of carbonyl (C=O) groups is 2. The van der Waals surface area contributed by atoms with Gasteiger partial charge in [0.2, 0.25) is 5.91 Å². The molecule has 2 heterocycles. The molecule has 2 rings (SSSR count). The molecule has 18 heavy (non-hydrogen) atoms. The van der Waals surface area contributed by atoms with E-state index in [9.17, 15) is 9.59 Å². The lowest BCUT2D eigenvalue weighted by molar-refractivity contribution is -0.157. The fourth-order valence-electron chi connectivity index (χ4n) is 2.57. The lowest BCUT2D eigenvalue weighted by atomic mass is 9.96. The van der Waals surface area contributed by atoms with Gasteiger partial charge < -0.3 is 15.0 Å². The normalized spacial score (nSPS) is 24.5. The number of esters is 1. The molecule has 1 N–H and O–H groups in total. The molecule has 0 aromatic carbocycles. The number of nitrogens with one attached hydrogen (secondary N) is 1. The number of carbonyl (C=O) groups excluding carboxylic acids is 2. The molecule has 0 aromatic heterocycles. The molecule has 0 radical (unpaired) electrons. The van der Waals surface area contributed by atoms with Crippen molar-refractivity contribution < 1.29 is 14.3 Å². The Bertz CT molecular complexity index is 315. The molecule has 0 saturated carbocycles. The van der Waals surface area contributed by atoms with E-state index in [4.69, 9.17) is 4.74 Å². The van der Waals surface area contributed by atoms with E-state index in [1.807, 2.05) is 0 Å². The third-order valence-electron chi connectivity index (χ3n) is 3.71. The summed E-state index contributed by atoms with van der Waals surface area (Å²) in [6.45, 7) is 4.71. The van der Waals surface area contributed by atoms with Crippen molar-refractivity contribution in [2.45, 2.75) is 38.6 Å². The average Bonchev–Trinajstić information content (AvgIpc) is 2.34. The van der Waals surface area contributed by atoms with Crippen LogP contribution in [0.2, 0.25) is 0 Å². The Morgan fingerprint density at radius 3 is 2.72 bits per heavy atom. The first-order chi connectivity index (χ1) is 8.72. The first kappa shape index (κ1) is 13.3. The van der Waals surface area contributed by atoms with Crippen LogP contribution in [0.4, 0.5) is 0 Å². The third-order valence-corrected chi connectivity index (χ3v) is 3.71. The van der Waals surface area contributed by atoms with Crippen LogP contribution < -0.4 is 5.32 Å². The molecule has 0 bridgehead atoms. The molecule has 2 fully saturated rings. The highest BCUT2D eigenvalue weighted by Crippen LogP contribution is 2.21. The number of piperidine rings is 1. The largest absolute Gasteiger partial charge is 0.464 e. The maximum atomic E-state index is 12.2. The van der Waals surface area contributed by atoms with E-state index in [1.165, 1.54) is 0 Å². The lowest BCUT2D eigenvalue weighted by Gasteiger charge is -2.36. The predicted octanol–water partition coefficient (Wildman–Crippen LogP) is 0.540. The molecule has 1 unspecified atom stereocenters. The van der Waals surface area contributed by atoms with E-state index >= 15 is 0 Å². The summed E-state index contributed by atoms with van der Waals surface area (Å²) in [6, 6.07) is -0.348. The standard InChI is InChI=1S/C13H22N2O3/c1-2-18-13(17)11-5-3-4-6-15(11)12(16)7-10-8-14-9-10/h10-11,14H,2-9H2,1H3. The van der Waals surface area contributed by atoms with Crippen molar-refractivity contribution in [3.63, 3.8) is 0 Å². The van der Waals surface area contributed by atoms with Crippen LogP contribution in [0.1, 0.15) is 32.6 Å². The minimum atomic E-state index is -0.348. The molecule has 0 aliphatic carbocycles. The van der Waals surface area contributed by atoms with E-state index in [0.717, 1.165) is 32.4 Å². The number of hydrogen-bond donors (Lipinski definition) is 1. The van der Waals surface area contributed by atoms with Crippen LogP contribution in [0.15, 0.2) is 0 Å². The van der Waals surface area contributed by atoms with Gasteiger partial charge in [-0.2, -0.15) is 0 Å². The molecule has 5 nitrogen and oxygen atoms in total. The van der Waals surface area contributed by atoms with Crippen molar-refractivity contribution in [3.8, 4) is 0 Å². The fraction of sp³-hybridized carbons (Fsp3) is 0.846. The van der Waals surface area contributed by atoms with Gasteiger partial charge in [-0.3, -0.25) is 4.79 Å². The quantitative estimate of drug-likeness (QED) is 0.744. The summed E-state index contributed by atoms with van der Waals surface area (Å²) >= 11 is 0. The molecular formula is C13H22N2O3. The molecule has 102 valence electrons. The summed E-state index contributed by atoms with van der Waals surface area (Å²) in [7, 11) is 0. The Balaban J connectivity index is 1.93. The highest BCUT2D eigenvalue weighted by atomic mass is 16.5. The highest BCUT2D eigenvalue weighted by molar-refractivity contribution is 5.85. The molecule has 1 atom stereocenters. The minimum absolute atomic E-state index is 0.110. The van der Waals surface area contributed by atoms with Crippen LogP contribution in [-0.2, 0) is 14.3 Å². The minimum Gasteiger partial charge on any atom is -0.464 e. The van der Waals surface area contributed by atoms with E-state index in [2.05, 4.69) is 5.32 Å². The predicted molar refractivity (Wildman–Crippen MR) is 67.0 cm³/mol. The van der Waals surface area contributed by atoms with Crippen LogP contribution in [0, 0.1) is 5.92 Å². The van der Waals surface area contributed by atoms with Gasteiger partial charge in [0, 0.05) is 13.0 Å². The summed E-state index contributed by atoms with van der Waals surface area (Å²) < 4.78 is 5.06. The van der Waals surface area contributed by atoms with Crippen LogP contribution in [0.25, 0.3) is 0 Å². The maximum Gasteiger partial charge on any atom is 0.328 e. The van der Waals surface area contributed by atoms with Gasteiger partial charge in [0.25, 0.3) is 0 Å². The first-order valence-corrected chi connectivity index (χ1v) is 6.89. The Hall–Kier alpha value is -1.10. The van der Waals surface area contributed by atoms with E-state index < -0.39 is 0 Å². The summed E-state index contributed by atoms with van der Waals surface area (Å²) in [4.78, 5) is 25.8. The monoisotopic (exact) mass is 254 g/mol. The van der Waals surface area contributed by atoms with E-state index in [1.54, 1.807) is 11.8 Å².